The fraction of sp³-hybridized carbons (Fsp3) is 0.235. The van der Waals surface area contributed by atoms with Crippen LogP contribution in [0.4, 0.5) is 4.39 Å². The summed E-state index contributed by atoms with van der Waals surface area (Å²) < 4.78 is 15.3. The van der Waals surface area contributed by atoms with Gasteiger partial charge in [0.25, 0.3) is 0 Å². The summed E-state index contributed by atoms with van der Waals surface area (Å²) in [5.74, 6) is 0.0610. The van der Waals surface area contributed by atoms with Gasteiger partial charge >= 0.3 is 0 Å². The van der Waals surface area contributed by atoms with E-state index >= 15 is 0 Å². The van der Waals surface area contributed by atoms with Gasteiger partial charge in [0.15, 0.2) is 11.5 Å². The second kappa shape index (κ2) is 6.39. The van der Waals surface area contributed by atoms with Crippen LogP contribution in [0.25, 0.3) is 22.7 Å². The van der Waals surface area contributed by atoms with E-state index in [0.29, 0.717) is 23.7 Å². The third-order valence-electron chi connectivity index (χ3n) is 4.01. The highest BCUT2D eigenvalue weighted by atomic mass is 19.1. The summed E-state index contributed by atoms with van der Waals surface area (Å²) in [6, 6.07) is 4.67. The van der Waals surface area contributed by atoms with Crippen LogP contribution in [0.1, 0.15) is 24.6 Å². The number of aryl methyl sites for hydroxylation is 1. The Morgan fingerprint density at radius 2 is 2.12 bits per heavy atom. The van der Waals surface area contributed by atoms with E-state index in [9.17, 15) is 4.39 Å². The molecule has 0 aliphatic carbocycles. The Labute approximate surface area is 143 Å². The van der Waals surface area contributed by atoms with E-state index in [4.69, 9.17) is 0 Å². The number of rotatable bonds is 5. The molecule has 7 nitrogen and oxygen atoms in total. The molecule has 4 rings (SSSR count). The molecule has 0 radical (unpaired) electrons. The molecule has 0 aromatic carbocycles. The van der Waals surface area contributed by atoms with Crippen LogP contribution in [0.5, 0.6) is 0 Å². The first-order valence-corrected chi connectivity index (χ1v) is 8.08. The maximum absolute atomic E-state index is 13.4. The minimum atomic E-state index is -0.530. The average molecular weight is 337 g/mol. The number of pyridine rings is 1. The zero-order valence-electron chi connectivity index (χ0n) is 13.6. The van der Waals surface area contributed by atoms with E-state index in [-0.39, 0.29) is 0 Å². The Bertz CT molecular complexity index is 1020. The average Bonchev–Trinajstić information content (AvgIpc) is 3.26. The summed E-state index contributed by atoms with van der Waals surface area (Å²) in [6.45, 7) is 2.59. The summed E-state index contributed by atoms with van der Waals surface area (Å²) in [5, 5.41) is 8.53. The van der Waals surface area contributed by atoms with Gasteiger partial charge in [0.2, 0.25) is 5.95 Å². The summed E-state index contributed by atoms with van der Waals surface area (Å²) in [6.07, 6.45) is 6.97. The summed E-state index contributed by atoms with van der Waals surface area (Å²) in [4.78, 5) is 15.6. The maximum Gasteiger partial charge on any atom is 0.213 e. The molecule has 0 aliphatic rings. The fourth-order valence-electron chi connectivity index (χ4n) is 2.91. The monoisotopic (exact) mass is 337 g/mol. The van der Waals surface area contributed by atoms with Crippen molar-refractivity contribution in [3.8, 4) is 11.5 Å². The zero-order valence-corrected chi connectivity index (χ0v) is 13.6. The van der Waals surface area contributed by atoms with Crippen molar-refractivity contribution in [3.05, 3.63) is 54.1 Å². The highest BCUT2D eigenvalue weighted by Gasteiger charge is 2.15. The zero-order chi connectivity index (χ0) is 17.2. The van der Waals surface area contributed by atoms with Crippen LogP contribution >= 0.6 is 0 Å². The van der Waals surface area contributed by atoms with Crippen molar-refractivity contribution in [2.45, 2.75) is 26.3 Å². The number of aromatic amines is 1. The molecule has 1 N–H and O–H groups in total. The molecule has 126 valence electrons. The number of fused-ring (bicyclic) bond motifs is 1. The minimum absolute atomic E-state index is 0.477. The molecule has 0 saturated heterocycles. The van der Waals surface area contributed by atoms with Gasteiger partial charge in [0.1, 0.15) is 5.69 Å². The second-order valence-corrected chi connectivity index (χ2v) is 5.70. The lowest BCUT2D eigenvalue weighted by molar-refractivity contribution is 0.584. The molecule has 0 aliphatic heterocycles. The first kappa shape index (κ1) is 15.4. The van der Waals surface area contributed by atoms with E-state index in [1.54, 1.807) is 24.7 Å². The number of H-pyrrole nitrogens is 1. The van der Waals surface area contributed by atoms with Crippen LogP contribution in [-0.2, 0) is 13.0 Å². The van der Waals surface area contributed by atoms with Gasteiger partial charge in [0, 0.05) is 18.0 Å². The van der Waals surface area contributed by atoms with Gasteiger partial charge in [-0.3, -0.25) is 0 Å². The van der Waals surface area contributed by atoms with Crippen molar-refractivity contribution in [2.24, 2.45) is 0 Å². The van der Waals surface area contributed by atoms with Crippen LogP contribution in [0.3, 0.4) is 0 Å². The van der Waals surface area contributed by atoms with E-state index < -0.39 is 5.95 Å². The standard InChI is InChI=1S/C17H16FN7/c1-2-4-11-13(23-24-16-15(11)20-10-21-16)9-25-8-7-19-17(25)12-5-3-6-14(18)22-12/h3,5-8,10H,2,4,9H2,1H3,(H,20,21,24). The van der Waals surface area contributed by atoms with Crippen LogP contribution in [-0.4, -0.2) is 34.7 Å². The predicted molar refractivity (Wildman–Crippen MR) is 90.2 cm³/mol. The van der Waals surface area contributed by atoms with Crippen LogP contribution < -0.4 is 0 Å². The first-order chi connectivity index (χ1) is 12.3. The number of halogens is 1. The van der Waals surface area contributed by atoms with E-state index in [1.165, 1.54) is 6.07 Å². The molecule has 0 fully saturated rings. The normalized spacial score (nSPS) is 11.3. The van der Waals surface area contributed by atoms with E-state index in [2.05, 4.69) is 37.1 Å². The Hall–Kier alpha value is -3.16. The van der Waals surface area contributed by atoms with Crippen LogP contribution in [0, 0.1) is 5.95 Å². The van der Waals surface area contributed by atoms with Gasteiger partial charge in [-0.15, -0.1) is 5.10 Å². The first-order valence-electron chi connectivity index (χ1n) is 8.08. The second-order valence-electron chi connectivity index (χ2n) is 5.70. The smallest absolute Gasteiger partial charge is 0.213 e. The van der Waals surface area contributed by atoms with Gasteiger partial charge < -0.3 is 9.55 Å². The minimum Gasteiger partial charge on any atom is -0.343 e. The maximum atomic E-state index is 13.4. The molecule has 4 aromatic rings. The lowest BCUT2D eigenvalue weighted by atomic mass is 10.1. The van der Waals surface area contributed by atoms with Gasteiger partial charge in [0.05, 0.1) is 24.1 Å². The highest BCUT2D eigenvalue weighted by Crippen LogP contribution is 2.21. The number of nitrogens with zero attached hydrogens (tertiary/aromatic N) is 6. The van der Waals surface area contributed by atoms with Crippen molar-refractivity contribution in [3.63, 3.8) is 0 Å². The fourth-order valence-corrected chi connectivity index (χ4v) is 2.91. The molecule has 0 spiro atoms. The molecule has 0 atom stereocenters. The topological polar surface area (TPSA) is 85.2 Å². The van der Waals surface area contributed by atoms with Gasteiger partial charge in [-0.25, -0.2) is 15.0 Å². The lowest BCUT2D eigenvalue weighted by Gasteiger charge is -2.11. The Morgan fingerprint density at radius 3 is 2.96 bits per heavy atom. The predicted octanol–water partition coefficient (Wildman–Crippen LogP) is 2.75. The summed E-state index contributed by atoms with van der Waals surface area (Å²) in [5.41, 5.74) is 3.95. The molecule has 4 aromatic heterocycles. The van der Waals surface area contributed by atoms with Gasteiger partial charge in [-0.2, -0.15) is 9.49 Å². The number of imidazole rings is 2. The molecule has 8 heteroatoms. The van der Waals surface area contributed by atoms with Crippen LogP contribution in [0.15, 0.2) is 36.9 Å². The molecule has 0 amide bonds. The van der Waals surface area contributed by atoms with Gasteiger partial charge in [-0.05, 0) is 18.6 Å². The molecule has 0 saturated carbocycles. The largest absolute Gasteiger partial charge is 0.343 e. The number of nitrogens with one attached hydrogen (secondary N) is 1. The van der Waals surface area contributed by atoms with Crippen LogP contribution in [0.2, 0.25) is 0 Å². The van der Waals surface area contributed by atoms with E-state index in [1.807, 2.05) is 10.8 Å². The molecular formula is C17H16FN7. The molecule has 25 heavy (non-hydrogen) atoms. The number of hydrogen-bond acceptors (Lipinski definition) is 5. The lowest BCUT2D eigenvalue weighted by Crippen LogP contribution is -2.09. The van der Waals surface area contributed by atoms with E-state index in [0.717, 1.165) is 29.6 Å². The SMILES string of the molecule is CCCc1c(Cn2ccnc2-c2cccc(F)n2)nnc2nc[nH]c12. The highest BCUT2D eigenvalue weighted by molar-refractivity contribution is 5.74. The van der Waals surface area contributed by atoms with Crippen molar-refractivity contribution in [1.82, 2.24) is 34.7 Å². The van der Waals surface area contributed by atoms with Crippen molar-refractivity contribution in [2.75, 3.05) is 0 Å². The van der Waals surface area contributed by atoms with Crippen molar-refractivity contribution >= 4 is 11.2 Å². The van der Waals surface area contributed by atoms with Crippen molar-refractivity contribution in [1.29, 1.82) is 0 Å². The van der Waals surface area contributed by atoms with Gasteiger partial charge in [-0.1, -0.05) is 19.4 Å². The number of hydrogen-bond donors (Lipinski definition) is 1. The molecule has 0 unspecified atom stereocenters. The Morgan fingerprint density at radius 1 is 1.20 bits per heavy atom. The summed E-state index contributed by atoms with van der Waals surface area (Å²) in [7, 11) is 0. The Balaban J connectivity index is 1.75. The Kier molecular flexibility index (Phi) is 3.93. The molecular weight excluding hydrogens is 321 g/mol. The molecule has 4 heterocycles. The summed E-state index contributed by atoms with van der Waals surface area (Å²) >= 11 is 0. The van der Waals surface area contributed by atoms with Crippen molar-refractivity contribution < 1.29 is 4.39 Å². The third-order valence-corrected chi connectivity index (χ3v) is 4.01. The quantitative estimate of drug-likeness (QED) is 0.566. The molecule has 0 bridgehead atoms. The third kappa shape index (κ3) is 2.86. The number of aromatic nitrogens is 7.